The van der Waals surface area contributed by atoms with Crippen LogP contribution >= 0.6 is 0 Å². The minimum absolute atomic E-state index is 0.469. The Morgan fingerprint density at radius 1 is 1.24 bits per heavy atom. The van der Waals surface area contributed by atoms with Crippen LogP contribution in [0.25, 0.3) is 0 Å². The number of nitrogens with zero attached hydrogens (tertiary/aromatic N) is 3. The first-order valence-electron chi connectivity index (χ1n) is 8.42. The maximum atomic E-state index is 4.34. The van der Waals surface area contributed by atoms with Crippen LogP contribution in [0, 0.1) is 0 Å². The molecule has 1 N–H and O–H groups in total. The van der Waals surface area contributed by atoms with E-state index in [-0.39, 0.29) is 0 Å². The molecule has 0 spiro atoms. The van der Waals surface area contributed by atoms with E-state index in [4.69, 9.17) is 0 Å². The van der Waals surface area contributed by atoms with E-state index >= 15 is 0 Å². The van der Waals surface area contributed by atoms with Gasteiger partial charge in [-0.2, -0.15) is 0 Å². The van der Waals surface area contributed by atoms with Crippen molar-refractivity contribution in [2.45, 2.75) is 32.7 Å². The second-order valence-electron chi connectivity index (χ2n) is 5.89. The molecule has 0 saturated carbocycles. The van der Waals surface area contributed by atoms with Gasteiger partial charge < -0.3 is 5.32 Å². The zero-order valence-electron chi connectivity index (χ0n) is 13.6. The van der Waals surface area contributed by atoms with E-state index in [1.165, 1.54) is 31.5 Å². The molecule has 0 aliphatic carbocycles. The fourth-order valence-corrected chi connectivity index (χ4v) is 3.14. The van der Waals surface area contributed by atoms with E-state index < -0.39 is 0 Å². The number of nitrogens with one attached hydrogen (secondary N) is 1. The first-order valence-corrected chi connectivity index (χ1v) is 8.42. The van der Waals surface area contributed by atoms with Crippen LogP contribution in [-0.4, -0.2) is 60.6 Å². The molecule has 1 aliphatic rings. The van der Waals surface area contributed by atoms with Crippen LogP contribution in [0.4, 0.5) is 0 Å². The van der Waals surface area contributed by atoms with Crippen LogP contribution < -0.4 is 5.32 Å². The molecule has 1 aromatic rings. The highest BCUT2D eigenvalue weighted by molar-refractivity contribution is 5.15. The Balaban J connectivity index is 2.11. The van der Waals surface area contributed by atoms with E-state index in [0.717, 1.165) is 32.7 Å². The van der Waals surface area contributed by atoms with E-state index in [9.17, 15) is 0 Å². The maximum absolute atomic E-state index is 4.34. The van der Waals surface area contributed by atoms with Gasteiger partial charge in [-0.15, -0.1) is 0 Å². The molecule has 0 aromatic carbocycles. The molecule has 0 bridgehead atoms. The summed E-state index contributed by atoms with van der Waals surface area (Å²) in [7, 11) is 0. The van der Waals surface area contributed by atoms with Gasteiger partial charge in [0, 0.05) is 51.2 Å². The zero-order valence-corrected chi connectivity index (χ0v) is 13.6. The highest BCUT2D eigenvalue weighted by atomic mass is 15.2. The summed E-state index contributed by atoms with van der Waals surface area (Å²) in [5.41, 5.74) is 1.36. The molecule has 118 valence electrons. The van der Waals surface area contributed by atoms with Crippen molar-refractivity contribution in [3.05, 3.63) is 30.1 Å². The summed E-state index contributed by atoms with van der Waals surface area (Å²) < 4.78 is 0. The second-order valence-corrected chi connectivity index (χ2v) is 5.89. The Morgan fingerprint density at radius 2 is 1.95 bits per heavy atom. The van der Waals surface area contributed by atoms with Crippen LogP contribution in [0.5, 0.6) is 0 Å². The summed E-state index contributed by atoms with van der Waals surface area (Å²) in [6, 6.07) is 4.77. The van der Waals surface area contributed by atoms with Gasteiger partial charge in [-0.3, -0.25) is 14.8 Å². The molecule has 0 amide bonds. The van der Waals surface area contributed by atoms with E-state index in [1.807, 2.05) is 12.4 Å². The maximum Gasteiger partial charge on any atom is 0.0490 e. The third-order valence-electron chi connectivity index (χ3n) is 4.17. The molecule has 0 radical (unpaired) electrons. The molecule has 21 heavy (non-hydrogen) atoms. The first-order chi connectivity index (χ1) is 10.3. The van der Waals surface area contributed by atoms with Gasteiger partial charge in [-0.05, 0) is 37.6 Å². The van der Waals surface area contributed by atoms with Crippen molar-refractivity contribution in [3.63, 3.8) is 0 Å². The van der Waals surface area contributed by atoms with Crippen molar-refractivity contribution >= 4 is 0 Å². The van der Waals surface area contributed by atoms with Crippen molar-refractivity contribution in [1.29, 1.82) is 0 Å². The third-order valence-corrected chi connectivity index (χ3v) is 4.17. The molecule has 2 rings (SSSR count). The summed E-state index contributed by atoms with van der Waals surface area (Å²) >= 11 is 0. The number of hydrogen-bond acceptors (Lipinski definition) is 4. The summed E-state index contributed by atoms with van der Waals surface area (Å²) in [4.78, 5) is 9.57. The van der Waals surface area contributed by atoms with Crippen molar-refractivity contribution in [2.24, 2.45) is 0 Å². The lowest BCUT2D eigenvalue weighted by molar-refractivity contribution is 0.128. The number of hydrogen-bond donors (Lipinski definition) is 1. The number of pyridine rings is 1. The Hall–Kier alpha value is -0.970. The highest BCUT2D eigenvalue weighted by Gasteiger charge is 2.23. The van der Waals surface area contributed by atoms with Crippen molar-refractivity contribution < 1.29 is 0 Å². The summed E-state index contributed by atoms with van der Waals surface area (Å²) in [5, 5.41) is 3.44. The highest BCUT2D eigenvalue weighted by Crippen LogP contribution is 2.22. The Kier molecular flexibility index (Phi) is 7.13. The molecule has 1 atom stereocenters. The third kappa shape index (κ3) is 5.06. The Bertz CT molecular complexity index is 370. The van der Waals surface area contributed by atoms with Gasteiger partial charge in [-0.1, -0.05) is 19.9 Å². The molecule has 1 aliphatic heterocycles. The molecule has 4 nitrogen and oxygen atoms in total. The van der Waals surface area contributed by atoms with Gasteiger partial charge >= 0.3 is 0 Å². The number of rotatable bonds is 8. The van der Waals surface area contributed by atoms with E-state index in [1.54, 1.807) is 0 Å². The zero-order chi connectivity index (χ0) is 14.9. The van der Waals surface area contributed by atoms with Crippen molar-refractivity contribution in [3.8, 4) is 0 Å². The average molecular weight is 290 g/mol. The predicted octanol–water partition coefficient (Wildman–Crippen LogP) is 2.15. The van der Waals surface area contributed by atoms with Gasteiger partial charge in [0.15, 0.2) is 0 Å². The monoisotopic (exact) mass is 290 g/mol. The second kappa shape index (κ2) is 9.13. The Morgan fingerprint density at radius 3 is 2.52 bits per heavy atom. The fourth-order valence-electron chi connectivity index (χ4n) is 3.14. The number of aromatic nitrogens is 1. The average Bonchev–Trinajstić information content (AvgIpc) is 2.54. The normalized spacial score (nSPS) is 18.0. The minimum atomic E-state index is 0.469. The molecule has 2 heterocycles. The summed E-state index contributed by atoms with van der Waals surface area (Å²) in [5.74, 6) is 0. The van der Waals surface area contributed by atoms with E-state index in [0.29, 0.717) is 6.04 Å². The van der Waals surface area contributed by atoms with Crippen LogP contribution in [0.15, 0.2) is 24.5 Å². The molecule has 1 saturated heterocycles. The lowest BCUT2D eigenvalue weighted by Gasteiger charge is -2.37. The van der Waals surface area contributed by atoms with Crippen LogP contribution in [0.1, 0.15) is 38.3 Å². The molecule has 1 fully saturated rings. The first kappa shape index (κ1) is 16.4. The minimum Gasteiger partial charge on any atom is -0.314 e. The molecule has 1 unspecified atom stereocenters. The number of piperazine rings is 1. The molecular weight excluding hydrogens is 260 g/mol. The van der Waals surface area contributed by atoms with Crippen LogP contribution in [0.3, 0.4) is 0 Å². The van der Waals surface area contributed by atoms with Crippen molar-refractivity contribution in [1.82, 2.24) is 20.1 Å². The lowest BCUT2D eigenvalue weighted by atomic mass is 10.1. The molecular formula is C17H30N4. The summed E-state index contributed by atoms with van der Waals surface area (Å²) in [6.45, 7) is 12.5. The summed E-state index contributed by atoms with van der Waals surface area (Å²) in [6.07, 6.45) is 6.33. The van der Waals surface area contributed by atoms with Gasteiger partial charge in [0.05, 0.1) is 0 Å². The quantitative estimate of drug-likeness (QED) is 0.795. The topological polar surface area (TPSA) is 31.4 Å². The van der Waals surface area contributed by atoms with Gasteiger partial charge in [0.25, 0.3) is 0 Å². The molecule has 1 aromatic heterocycles. The van der Waals surface area contributed by atoms with Gasteiger partial charge in [-0.25, -0.2) is 0 Å². The van der Waals surface area contributed by atoms with Crippen molar-refractivity contribution in [2.75, 3.05) is 45.8 Å². The largest absolute Gasteiger partial charge is 0.314 e. The SMILES string of the molecule is CCCN(CCC)C(CN1CCNCC1)c1cccnc1. The lowest BCUT2D eigenvalue weighted by Crippen LogP contribution is -2.47. The fraction of sp³-hybridized carbons (Fsp3) is 0.706. The van der Waals surface area contributed by atoms with E-state index in [2.05, 4.69) is 46.1 Å². The van der Waals surface area contributed by atoms with Crippen LogP contribution in [-0.2, 0) is 0 Å². The van der Waals surface area contributed by atoms with Gasteiger partial charge in [0.1, 0.15) is 0 Å². The van der Waals surface area contributed by atoms with Crippen LogP contribution in [0.2, 0.25) is 0 Å². The van der Waals surface area contributed by atoms with Gasteiger partial charge in [0.2, 0.25) is 0 Å². The predicted molar refractivity (Wildman–Crippen MR) is 88.4 cm³/mol. The molecule has 4 heteroatoms. The smallest absolute Gasteiger partial charge is 0.0490 e. The Labute approximate surface area is 129 Å². The standard InChI is InChI=1S/C17H30N4/c1-3-10-21(11-4-2)17(16-6-5-7-19-14-16)15-20-12-8-18-9-13-20/h5-7,14,17-18H,3-4,8-13,15H2,1-2H3.